The third-order valence-corrected chi connectivity index (χ3v) is 7.54. The van der Waals surface area contributed by atoms with Crippen LogP contribution in [0.15, 0.2) is 66.9 Å². The van der Waals surface area contributed by atoms with Crippen LogP contribution in [-0.2, 0) is 22.6 Å². The fourth-order valence-electron chi connectivity index (χ4n) is 5.29. The number of H-pyrrole nitrogens is 1. The van der Waals surface area contributed by atoms with E-state index in [1.165, 1.54) is 19.2 Å². The van der Waals surface area contributed by atoms with E-state index in [-0.39, 0.29) is 36.4 Å². The summed E-state index contributed by atoms with van der Waals surface area (Å²) in [7, 11) is 1.45. The number of halogens is 1. The zero-order chi connectivity index (χ0) is 31.1. The molecule has 0 unspecified atom stereocenters. The molecule has 0 fully saturated rings. The number of benzene rings is 3. The van der Waals surface area contributed by atoms with Crippen molar-refractivity contribution in [3.63, 3.8) is 0 Å². The molecule has 3 amide bonds. The second-order valence-electron chi connectivity index (χ2n) is 10.7. The van der Waals surface area contributed by atoms with Crippen LogP contribution in [0.5, 0.6) is 17.2 Å². The SMILES string of the molecule is COc1cc2ccc1Oc1cc(F)cc(c1)CNC(=O)CCCN(C(=O)[C@@H](N)Cc1c[nH]c3ccccc13)CCCNC2=O. The highest BCUT2D eigenvalue weighted by molar-refractivity contribution is 5.95. The highest BCUT2D eigenvalue weighted by atomic mass is 19.1. The van der Waals surface area contributed by atoms with Gasteiger partial charge in [-0.3, -0.25) is 14.4 Å². The standard InChI is InChI=1S/C33H36FN5O5/c1-43-30-17-22-9-10-29(30)44-25-15-21(14-24(34)18-25)19-38-31(40)8-4-12-39(13-5-11-36-32(22)41)33(42)27(35)16-23-20-37-28-7-3-2-6-26(23)28/h2-3,6-7,9-10,14-15,17-18,20,27,37H,4-5,8,11-13,16,19,35H2,1H3,(H,36,41)(H,38,40)/t27-/m0/s1. The monoisotopic (exact) mass is 601 g/mol. The van der Waals surface area contributed by atoms with Crippen molar-refractivity contribution in [2.45, 2.75) is 38.3 Å². The van der Waals surface area contributed by atoms with E-state index in [2.05, 4.69) is 15.6 Å². The number of amides is 3. The molecule has 0 saturated heterocycles. The molecule has 11 heteroatoms. The molecule has 0 spiro atoms. The average Bonchev–Trinajstić information content (AvgIpc) is 3.42. The van der Waals surface area contributed by atoms with Gasteiger partial charge in [-0.05, 0) is 66.8 Å². The van der Waals surface area contributed by atoms with Crippen LogP contribution in [0.1, 0.15) is 40.7 Å². The van der Waals surface area contributed by atoms with E-state index in [1.807, 2.05) is 30.5 Å². The van der Waals surface area contributed by atoms with Crippen molar-refractivity contribution >= 4 is 28.6 Å². The summed E-state index contributed by atoms with van der Waals surface area (Å²) in [4.78, 5) is 43.9. The predicted molar refractivity (Wildman–Crippen MR) is 164 cm³/mol. The zero-order valence-corrected chi connectivity index (χ0v) is 24.5. The molecule has 3 heterocycles. The number of fused-ring (bicyclic) bond motifs is 14. The number of nitrogens with zero attached hydrogens (tertiary/aromatic N) is 1. The van der Waals surface area contributed by atoms with Gasteiger partial charge in [-0.1, -0.05) is 18.2 Å². The van der Waals surface area contributed by atoms with Crippen molar-refractivity contribution in [1.82, 2.24) is 20.5 Å². The van der Waals surface area contributed by atoms with Crippen molar-refractivity contribution in [3.8, 4) is 17.2 Å². The Bertz CT molecular complexity index is 1650. The maximum atomic E-state index is 14.4. The molecule has 0 saturated carbocycles. The van der Waals surface area contributed by atoms with Gasteiger partial charge in [-0.2, -0.15) is 0 Å². The first kappa shape index (κ1) is 30.6. The fraction of sp³-hybridized carbons (Fsp3) is 0.303. The zero-order valence-electron chi connectivity index (χ0n) is 24.5. The minimum atomic E-state index is -0.779. The number of para-hydroxylation sites is 1. The molecule has 0 radical (unpaired) electrons. The number of hydrogen-bond donors (Lipinski definition) is 4. The van der Waals surface area contributed by atoms with Gasteiger partial charge in [-0.25, -0.2) is 4.39 Å². The number of carbonyl (C=O) groups excluding carboxylic acids is 3. The third kappa shape index (κ3) is 7.54. The molecule has 4 aromatic rings. The molecular formula is C33H36FN5O5. The summed E-state index contributed by atoms with van der Waals surface area (Å²) < 4.78 is 25.7. The molecule has 44 heavy (non-hydrogen) atoms. The summed E-state index contributed by atoms with van der Waals surface area (Å²) in [5.41, 5.74) is 9.22. The number of methoxy groups -OCH3 is 1. The molecule has 230 valence electrons. The predicted octanol–water partition coefficient (Wildman–Crippen LogP) is 4.04. The lowest BCUT2D eigenvalue weighted by Gasteiger charge is -2.26. The maximum Gasteiger partial charge on any atom is 0.251 e. The van der Waals surface area contributed by atoms with E-state index in [1.54, 1.807) is 29.2 Å². The van der Waals surface area contributed by atoms with Crippen LogP contribution >= 0.6 is 0 Å². The van der Waals surface area contributed by atoms with Gasteiger partial charge in [0.05, 0.1) is 13.2 Å². The first-order valence-electron chi connectivity index (χ1n) is 14.6. The highest BCUT2D eigenvalue weighted by Gasteiger charge is 2.23. The van der Waals surface area contributed by atoms with Crippen LogP contribution in [-0.4, -0.2) is 60.4 Å². The number of aromatic nitrogens is 1. The van der Waals surface area contributed by atoms with E-state index in [0.717, 1.165) is 16.5 Å². The summed E-state index contributed by atoms with van der Waals surface area (Å²) in [6.45, 7) is 1.08. The minimum absolute atomic E-state index is 0.0985. The second kappa shape index (κ2) is 14.0. The van der Waals surface area contributed by atoms with Crippen molar-refractivity contribution in [1.29, 1.82) is 0 Å². The molecule has 6 rings (SSSR count). The molecule has 2 aliphatic heterocycles. The van der Waals surface area contributed by atoms with E-state index in [4.69, 9.17) is 15.2 Å². The topological polar surface area (TPSA) is 139 Å². The molecule has 4 bridgehead atoms. The van der Waals surface area contributed by atoms with Gasteiger partial charge in [0.2, 0.25) is 11.8 Å². The average molecular weight is 602 g/mol. The Labute approximate surface area is 254 Å². The first-order chi connectivity index (χ1) is 21.3. The third-order valence-electron chi connectivity index (χ3n) is 7.54. The number of aromatic amines is 1. The Morgan fingerprint density at radius 1 is 1.07 bits per heavy atom. The lowest BCUT2D eigenvalue weighted by molar-refractivity contribution is -0.133. The molecular weight excluding hydrogens is 565 g/mol. The van der Waals surface area contributed by atoms with E-state index >= 15 is 0 Å². The van der Waals surface area contributed by atoms with E-state index in [9.17, 15) is 18.8 Å². The number of ether oxygens (including phenoxy) is 2. The van der Waals surface area contributed by atoms with Crippen molar-refractivity contribution in [2.75, 3.05) is 26.7 Å². The molecule has 0 aliphatic carbocycles. The van der Waals surface area contributed by atoms with Crippen LogP contribution < -0.4 is 25.8 Å². The number of hydrogen-bond acceptors (Lipinski definition) is 6. The van der Waals surface area contributed by atoms with Gasteiger partial charge in [0.25, 0.3) is 5.91 Å². The molecule has 10 nitrogen and oxygen atoms in total. The molecule has 5 N–H and O–H groups in total. The van der Waals surface area contributed by atoms with Crippen LogP contribution in [0.25, 0.3) is 10.9 Å². The Morgan fingerprint density at radius 3 is 2.73 bits per heavy atom. The Kier molecular flexibility index (Phi) is 9.75. The molecule has 1 atom stereocenters. The Balaban J connectivity index is 1.32. The van der Waals surface area contributed by atoms with Gasteiger partial charge in [0.15, 0.2) is 11.5 Å². The fourth-order valence-corrected chi connectivity index (χ4v) is 5.29. The molecule has 3 aromatic carbocycles. The Morgan fingerprint density at radius 2 is 1.89 bits per heavy atom. The number of carbonyl (C=O) groups is 3. The lowest BCUT2D eigenvalue weighted by Crippen LogP contribution is -2.46. The highest BCUT2D eigenvalue weighted by Crippen LogP contribution is 2.33. The number of nitrogens with one attached hydrogen (secondary N) is 3. The number of nitrogens with two attached hydrogens (primary N) is 1. The minimum Gasteiger partial charge on any atom is -0.493 e. The number of rotatable bonds is 4. The quantitative estimate of drug-likeness (QED) is 0.279. The van der Waals surface area contributed by atoms with Crippen molar-refractivity contribution in [3.05, 3.63) is 89.4 Å². The van der Waals surface area contributed by atoms with Crippen LogP contribution in [0, 0.1) is 5.82 Å². The van der Waals surface area contributed by atoms with Gasteiger partial charge in [0.1, 0.15) is 11.6 Å². The maximum absolute atomic E-state index is 14.4. The summed E-state index contributed by atoms with van der Waals surface area (Å²) in [5.74, 6) is -0.477. The van der Waals surface area contributed by atoms with Gasteiger partial charge in [0, 0.05) is 61.3 Å². The summed E-state index contributed by atoms with van der Waals surface area (Å²) >= 11 is 0. The van der Waals surface area contributed by atoms with E-state index in [0.29, 0.717) is 61.5 Å². The summed E-state index contributed by atoms with van der Waals surface area (Å²) in [6, 6.07) is 15.9. The summed E-state index contributed by atoms with van der Waals surface area (Å²) in [6.07, 6.45) is 3.29. The van der Waals surface area contributed by atoms with Crippen LogP contribution in [0.4, 0.5) is 4.39 Å². The smallest absolute Gasteiger partial charge is 0.251 e. The first-order valence-corrected chi connectivity index (χ1v) is 14.6. The lowest BCUT2D eigenvalue weighted by atomic mass is 10.0. The van der Waals surface area contributed by atoms with E-state index < -0.39 is 11.9 Å². The molecule has 2 aliphatic rings. The second-order valence-corrected chi connectivity index (χ2v) is 10.7. The van der Waals surface area contributed by atoms with Gasteiger partial charge >= 0.3 is 0 Å². The van der Waals surface area contributed by atoms with Gasteiger partial charge in [-0.15, -0.1) is 0 Å². The largest absolute Gasteiger partial charge is 0.493 e. The van der Waals surface area contributed by atoms with Crippen molar-refractivity contribution in [2.24, 2.45) is 5.73 Å². The van der Waals surface area contributed by atoms with Gasteiger partial charge < -0.3 is 35.7 Å². The van der Waals surface area contributed by atoms with Crippen LogP contribution in [0.3, 0.4) is 0 Å². The van der Waals surface area contributed by atoms with Crippen LogP contribution in [0.2, 0.25) is 0 Å². The molecule has 1 aromatic heterocycles. The summed E-state index contributed by atoms with van der Waals surface area (Å²) in [5, 5.41) is 6.70. The normalized spacial score (nSPS) is 15.7. The Hall–Kier alpha value is -4.90. The van der Waals surface area contributed by atoms with Crippen molar-refractivity contribution < 1.29 is 28.2 Å².